The average molecular weight is 225 g/mol. The highest BCUT2D eigenvalue weighted by molar-refractivity contribution is 7.07. The smallest absolute Gasteiger partial charge is 0.271 e. The summed E-state index contributed by atoms with van der Waals surface area (Å²) in [7, 11) is 0. The standard InChI is InChI=1S/C9H11N3O2S/c13-8-2-1-6(3-10-8)12-9(14)7-4-15-5-11-7/h4-6H,1-3H2,(H,10,13)(H,12,14). The maximum absolute atomic E-state index is 11.6. The molecule has 80 valence electrons. The fourth-order valence-electron chi connectivity index (χ4n) is 1.44. The van der Waals surface area contributed by atoms with Crippen molar-refractivity contribution in [1.82, 2.24) is 15.6 Å². The summed E-state index contributed by atoms with van der Waals surface area (Å²) in [6, 6.07) is 0.0249. The molecule has 1 fully saturated rings. The van der Waals surface area contributed by atoms with E-state index in [9.17, 15) is 9.59 Å². The monoisotopic (exact) mass is 225 g/mol. The summed E-state index contributed by atoms with van der Waals surface area (Å²) in [5, 5.41) is 7.25. The number of nitrogens with zero attached hydrogens (tertiary/aromatic N) is 1. The molecule has 1 saturated heterocycles. The molecule has 6 heteroatoms. The van der Waals surface area contributed by atoms with Gasteiger partial charge in [-0.3, -0.25) is 9.59 Å². The molecule has 1 aliphatic rings. The second-order valence-corrected chi connectivity index (χ2v) is 4.11. The number of rotatable bonds is 2. The predicted molar refractivity (Wildman–Crippen MR) is 55.6 cm³/mol. The fourth-order valence-corrected chi connectivity index (χ4v) is 1.97. The zero-order chi connectivity index (χ0) is 10.7. The lowest BCUT2D eigenvalue weighted by atomic mass is 10.1. The molecular weight excluding hydrogens is 214 g/mol. The van der Waals surface area contributed by atoms with Crippen LogP contribution in [0.15, 0.2) is 10.9 Å². The highest BCUT2D eigenvalue weighted by atomic mass is 32.1. The quantitative estimate of drug-likeness (QED) is 0.752. The van der Waals surface area contributed by atoms with Crippen LogP contribution in [-0.2, 0) is 4.79 Å². The molecule has 0 aliphatic carbocycles. The van der Waals surface area contributed by atoms with Crippen molar-refractivity contribution in [3.05, 3.63) is 16.6 Å². The Hall–Kier alpha value is -1.43. The van der Waals surface area contributed by atoms with Crippen LogP contribution in [0.1, 0.15) is 23.3 Å². The maximum Gasteiger partial charge on any atom is 0.271 e. The van der Waals surface area contributed by atoms with Crippen LogP contribution in [0.5, 0.6) is 0 Å². The fraction of sp³-hybridized carbons (Fsp3) is 0.444. The molecule has 0 aromatic carbocycles. The lowest BCUT2D eigenvalue weighted by Crippen LogP contribution is -2.47. The molecule has 2 heterocycles. The third-order valence-corrected chi connectivity index (χ3v) is 2.85. The largest absolute Gasteiger partial charge is 0.354 e. The van der Waals surface area contributed by atoms with Crippen LogP contribution in [0.3, 0.4) is 0 Å². The van der Waals surface area contributed by atoms with Gasteiger partial charge in [-0.2, -0.15) is 0 Å². The second-order valence-electron chi connectivity index (χ2n) is 3.39. The molecule has 0 bridgehead atoms. The highest BCUT2D eigenvalue weighted by Gasteiger charge is 2.20. The van der Waals surface area contributed by atoms with Crippen molar-refractivity contribution in [2.45, 2.75) is 18.9 Å². The normalized spacial score (nSPS) is 20.8. The number of aromatic nitrogens is 1. The van der Waals surface area contributed by atoms with Gasteiger partial charge >= 0.3 is 0 Å². The van der Waals surface area contributed by atoms with Gasteiger partial charge in [0.2, 0.25) is 5.91 Å². The Morgan fingerprint density at radius 1 is 1.67 bits per heavy atom. The van der Waals surface area contributed by atoms with Gasteiger partial charge in [-0.25, -0.2) is 4.98 Å². The van der Waals surface area contributed by atoms with Crippen LogP contribution in [0.2, 0.25) is 0 Å². The summed E-state index contributed by atoms with van der Waals surface area (Å²) in [4.78, 5) is 26.4. The van der Waals surface area contributed by atoms with Gasteiger partial charge < -0.3 is 10.6 Å². The van der Waals surface area contributed by atoms with Gasteiger partial charge in [0.25, 0.3) is 5.91 Å². The molecule has 15 heavy (non-hydrogen) atoms. The van der Waals surface area contributed by atoms with E-state index in [1.54, 1.807) is 10.9 Å². The Morgan fingerprint density at radius 3 is 3.13 bits per heavy atom. The minimum absolute atomic E-state index is 0.0249. The molecule has 1 aliphatic heterocycles. The predicted octanol–water partition coefficient (Wildman–Crippen LogP) is 0.152. The zero-order valence-corrected chi connectivity index (χ0v) is 8.84. The number of hydrogen-bond acceptors (Lipinski definition) is 4. The molecule has 0 spiro atoms. The van der Waals surface area contributed by atoms with Crippen LogP contribution < -0.4 is 10.6 Å². The summed E-state index contributed by atoms with van der Waals surface area (Å²) in [6.45, 7) is 0.509. The van der Waals surface area contributed by atoms with Gasteiger partial charge in [0.15, 0.2) is 0 Å². The molecular formula is C9H11N3O2S. The Balaban J connectivity index is 1.87. The van der Waals surface area contributed by atoms with E-state index >= 15 is 0 Å². The molecule has 2 amide bonds. The van der Waals surface area contributed by atoms with Crippen LogP contribution in [0.25, 0.3) is 0 Å². The van der Waals surface area contributed by atoms with E-state index in [1.807, 2.05) is 0 Å². The van der Waals surface area contributed by atoms with Crippen molar-refractivity contribution >= 4 is 23.2 Å². The van der Waals surface area contributed by atoms with Gasteiger partial charge in [-0.15, -0.1) is 11.3 Å². The Bertz CT molecular complexity index is 353. The zero-order valence-electron chi connectivity index (χ0n) is 8.03. The first-order valence-electron chi connectivity index (χ1n) is 4.71. The average Bonchev–Trinajstić information content (AvgIpc) is 2.74. The molecule has 5 nitrogen and oxygen atoms in total. The van der Waals surface area contributed by atoms with E-state index in [0.29, 0.717) is 25.1 Å². The second kappa shape index (κ2) is 4.39. The maximum atomic E-state index is 11.6. The SMILES string of the molecule is O=C1CCC(NC(=O)c2cscn2)CN1. The van der Waals surface area contributed by atoms with Crippen LogP contribution in [-0.4, -0.2) is 29.4 Å². The summed E-state index contributed by atoms with van der Waals surface area (Å²) in [6.07, 6.45) is 1.17. The van der Waals surface area contributed by atoms with E-state index < -0.39 is 0 Å². The summed E-state index contributed by atoms with van der Waals surface area (Å²) < 4.78 is 0. The first-order chi connectivity index (χ1) is 7.25. The van der Waals surface area contributed by atoms with Gasteiger partial charge in [-0.1, -0.05) is 0 Å². The number of nitrogens with one attached hydrogen (secondary N) is 2. The first kappa shape index (κ1) is 10.1. The van der Waals surface area contributed by atoms with Crippen molar-refractivity contribution in [2.24, 2.45) is 0 Å². The molecule has 1 aromatic heterocycles. The Kier molecular flexibility index (Phi) is 2.96. The summed E-state index contributed by atoms with van der Waals surface area (Å²) in [5.41, 5.74) is 2.06. The van der Waals surface area contributed by atoms with Gasteiger partial charge in [0, 0.05) is 24.4 Å². The number of carbonyl (C=O) groups is 2. The molecule has 2 rings (SSSR count). The number of piperidine rings is 1. The minimum Gasteiger partial charge on any atom is -0.354 e. The molecule has 1 aromatic rings. The van der Waals surface area contributed by atoms with E-state index in [4.69, 9.17) is 0 Å². The minimum atomic E-state index is -0.169. The van der Waals surface area contributed by atoms with Crippen molar-refractivity contribution < 1.29 is 9.59 Å². The van der Waals surface area contributed by atoms with Crippen LogP contribution in [0, 0.1) is 0 Å². The molecule has 0 radical (unpaired) electrons. The molecule has 1 atom stereocenters. The van der Waals surface area contributed by atoms with Gasteiger partial charge in [0.05, 0.1) is 5.51 Å². The van der Waals surface area contributed by atoms with Crippen molar-refractivity contribution in [1.29, 1.82) is 0 Å². The molecule has 1 unspecified atom stereocenters. The van der Waals surface area contributed by atoms with E-state index in [2.05, 4.69) is 15.6 Å². The molecule has 2 N–H and O–H groups in total. The Labute approximate surface area is 90.9 Å². The lowest BCUT2D eigenvalue weighted by Gasteiger charge is -2.22. The highest BCUT2D eigenvalue weighted by Crippen LogP contribution is 2.05. The topological polar surface area (TPSA) is 71.1 Å². The van der Waals surface area contributed by atoms with E-state index in [0.717, 1.165) is 0 Å². The van der Waals surface area contributed by atoms with E-state index in [-0.39, 0.29) is 17.9 Å². The number of thiazole rings is 1. The summed E-state index contributed by atoms with van der Waals surface area (Å²) >= 11 is 1.39. The third-order valence-electron chi connectivity index (χ3n) is 2.27. The molecule has 0 saturated carbocycles. The summed E-state index contributed by atoms with van der Waals surface area (Å²) in [5.74, 6) is -0.119. The lowest BCUT2D eigenvalue weighted by molar-refractivity contribution is -0.122. The van der Waals surface area contributed by atoms with Crippen molar-refractivity contribution in [2.75, 3.05) is 6.54 Å². The van der Waals surface area contributed by atoms with Crippen LogP contribution in [0.4, 0.5) is 0 Å². The van der Waals surface area contributed by atoms with Crippen molar-refractivity contribution in [3.63, 3.8) is 0 Å². The third kappa shape index (κ3) is 2.53. The van der Waals surface area contributed by atoms with Crippen LogP contribution >= 0.6 is 11.3 Å². The first-order valence-corrected chi connectivity index (χ1v) is 5.66. The number of amides is 2. The number of carbonyl (C=O) groups excluding carboxylic acids is 2. The van der Waals surface area contributed by atoms with E-state index in [1.165, 1.54) is 11.3 Å². The Morgan fingerprint density at radius 2 is 2.53 bits per heavy atom. The number of hydrogen-bond donors (Lipinski definition) is 2. The van der Waals surface area contributed by atoms with Gasteiger partial charge in [0.1, 0.15) is 5.69 Å². The van der Waals surface area contributed by atoms with Crippen molar-refractivity contribution in [3.8, 4) is 0 Å². The van der Waals surface area contributed by atoms with Gasteiger partial charge in [-0.05, 0) is 6.42 Å².